The van der Waals surface area contributed by atoms with Gasteiger partial charge in [-0.2, -0.15) is 0 Å². The lowest BCUT2D eigenvalue weighted by molar-refractivity contribution is 0.117. The highest BCUT2D eigenvalue weighted by Gasteiger charge is 2.10. The Morgan fingerprint density at radius 3 is 2.55 bits per heavy atom. The zero-order chi connectivity index (χ0) is 15.1. The fourth-order valence-corrected chi connectivity index (χ4v) is 1.80. The molecule has 1 aromatic rings. The summed E-state index contributed by atoms with van der Waals surface area (Å²) >= 11 is 0. The number of carbonyl (C=O) groups excluding carboxylic acids is 1. The predicted molar refractivity (Wildman–Crippen MR) is 83.3 cm³/mol. The Morgan fingerprint density at radius 1 is 1.30 bits per heavy atom. The molecule has 2 amide bonds. The summed E-state index contributed by atoms with van der Waals surface area (Å²) in [6.07, 6.45) is 0.171. The van der Waals surface area contributed by atoms with Gasteiger partial charge in [-0.25, -0.2) is 4.79 Å². The summed E-state index contributed by atoms with van der Waals surface area (Å²) in [5.41, 5.74) is 1.71. The molecule has 0 spiro atoms. The smallest absolute Gasteiger partial charge is 0.319 e. The maximum Gasteiger partial charge on any atom is 0.319 e. The fraction of sp³-hybridized carbons (Fsp3) is 0.533. The molecule has 0 saturated carbocycles. The number of aliphatic hydroxyl groups excluding tert-OH is 1. The topological polar surface area (TPSA) is 64.6 Å². The molecule has 5 heteroatoms. The number of rotatable bonds is 6. The SMILES string of the molecule is CC(C)C(O)CCNC(=O)Nc1ccccc1N(C)C. The van der Waals surface area contributed by atoms with Crippen LogP contribution in [0.1, 0.15) is 20.3 Å². The number of aliphatic hydroxyl groups is 1. The van der Waals surface area contributed by atoms with Crippen LogP contribution in [0.5, 0.6) is 0 Å². The lowest BCUT2D eigenvalue weighted by Gasteiger charge is -2.18. The van der Waals surface area contributed by atoms with Gasteiger partial charge < -0.3 is 20.6 Å². The predicted octanol–water partition coefficient (Wildman–Crippen LogP) is 2.28. The molecule has 1 aromatic carbocycles. The van der Waals surface area contributed by atoms with Gasteiger partial charge in [-0.3, -0.25) is 0 Å². The zero-order valence-corrected chi connectivity index (χ0v) is 12.7. The molecule has 112 valence electrons. The largest absolute Gasteiger partial charge is 0.393 e. The Morgan fingerprint density at radius 2 is 1.95 bits per heavy atom. The summed E-state index contributed by atoms with van der Waals surface area (Å²) in [4.78, 5) is 13.8. The van der Waals surface area contributed by atoms with Crippen molar-refractivity contribution in [3.05, 3.63) is 24.3 Å². The van der Waals surface area contributed by atoms with Crippen molar-refractivity contribution in [2.75, 3.05) is 30.9 Å². The second-order valence-electron chi connectivity index (χ2n) is 5.39. The number of benzene rings is 1. The first-order valence-corrected chi connectivity index (χ1v) is 6.91. The quantitative estimate of drug-likeness (QED) is 0.748. The highest BCUT2D eigenvalue weighted by atomic mass is 16.3. The van der Waals surface area contributed by atoms with E-state index in [0.717, 1.165) is 11.4 Å². The number of nitrogens with zero attached hydrogens (tertiary/aromatic N) is 1. The van der Waals surface area contributed by atoms with E-state index in [-0.39, 0.29) is 18.1 Å². The van der Waals surface area contributed by atoms with Crippen LogP contribution in [0.25, 0.3) is 0 Å². The van der Waals surface area contributed by atoms with Gasteiger partial charge in [0.25, 0.3) is 0 Å². The van der Waals surface area contributed by atoms with E-state index in [1.807, 2.05) is 57.1 Å². The average Bonchev–Trinajstić information content (AvgIpc) is 2.38. The maximum absolute atomic E-state index is 11.8. The van der Waals surface area contributed by atoms with E-state index in [2.05, 4.69) is 10.6 Å². The summed E-state index contributed by atoms with van der Waals surface area (Å²) in [7, 11) is 3.86. The number of para-hydroxylation sites is 2. The Labute approximate surface area is 121 Å². The standard InChI is InChI=1S/C15H25N3O2/c1-11(2)14(19)9-10-16-15(20)17-12-7-5-6-8-13(12)18(3)4/h5-8,11,14,19H,9-10H2,1-4H3,(H2,16,17,20). The van der Waals surface area contributed by atoms with Crippen molar-refractivity contribution in [3.8, 4) is 0 Å². The lowest BCUT2D eigenvalue weighted by Crippen LogP contribution is -2.32. The first-order chi connectivity index (χ1) is 9.41. The summed E-state index contributed by atoms with van der Waals surface area (Å²) < 4.78 is 0. The third kappa shape index (κ3) is 5.09. The molecule has 20 heavy (non-hydrogen) atoms. The molecule has 5 nitrogen and oxygen atoms in total. The molecule has 0 aliphatic carbocycles. The van der Waals surface area contributed by atoms with E-state index in [1.54, 1.807) is 0 Å². The van der Waals surface area contributed by atoms with Gasteiger partial charge in [0.05, 0.1) is 17.5 Å². The third-order valence-electron chi connectivity index (χ3n) is 3.13. The van der Waals surface area contributed by atoms with Crippen LogP contribution < -0.4 is 15.5 Å². The van der Waals surface area contributed by atoms with E-state index in [0.29, 0.717) is 13.0 Å². The highest BCUT2D eigenvalue weighted by Crippen LogP contribution is 2.23. The van der Waals surface area contributed by atoms with Gasteiger partial charge in [0.1, 0.15) is 0 Å². The molecule has 0 heterocycles. The second kappa shape index (κ2) is 7.75. The minimum atomic E-state index is -0.385. The molecule has 1 rings (SSSR count). The van der Waals surface area contributed by atoms with Gasteiger partial charge in [-0.15, -0.1) is 0 Å². The molecule has 0 aliphatic heterocycles. The highest BCUT2D eigenvalue weighted by molar-refractivity contribution is 5.93. The molecular weight excluding hydrogens is 254 g/mol. The lowest BCUT2D eigenvalue weighted by atomic mass is 10.0. The first kappa shape index (κ1) is 16.3. The van der Waals surface area contributed by atoms with Gasteiger partial charge >= 0.3 is 6.03 Å². The van der Waals surface area contributed by atoms with Crippen LogP contribution in [0.2, 0.25) is 0 Å². The molecule has 0 fully saturated rings. The molecule has 1 atom stereocenters. The maximum atomic E-state index is 11.8. The van der Waals surface area contributed by atoms with Crippen molar-refractivity contribution >= 4 is 17.4 Å². The van der Waals surface area contributed by atoms with Gasteiger partial charge in [0.15, 0.2) is 0 Å². The average molecular weight is 279 g/mol. The van der Waals surface area contributed by atoms with Crippen LogP contribution in [0.15, 0.2) is 24.3 Å². The number of hydrogen-bond donors (Lipinski definition) is 3. The van der Waals surface area contributed by atoms with E-state index in [1.165, 1.54) is 0 Å². The van der Waals surface area contributed by atoms with Crippen LogP contribution in [0, 0.1) is 5.92 Å². The van der Waals surface area contributed by atoms with E-state index in [9.17, 15) is 9.90 Å². The minimum absolute atomic E-state index is 0.203. The summed E-state index contributed by atoms with van der Waals surface area (Å²) in [5, 5.41) is 15.2. The Kier molecular flexibility index (Phi) is 6.31. The number of carbonyl (C=O) groups is 1. The van der Waals surface area contributed by atoms with Gasteiger partial charge in [0.2, 0.25) is 0 Å². The molecule has 0 aromatic heterocycles. The van der Waals surface area contributed by atoms with Crippen molar-refractivity contribution < 1.29 is 9.90 Å². The van der Waals surface area contributed by atoms with Crippen molar-refractivity contribution in [2.24, 2.45) is 5.92 Å². The zero-order valence-electron chi connectivity index (χ0n) is 12.7. The normalized spacial score (nSPS) is 12.1. The van der Waals surface area contributed by atoms with E-state index in [4.69, 9.17) is 0 Å². The molecule has 0 aliphatic rings. The van der Waals surface area contributed by atoms with Crippen molar-refractivity contribution in [2.45, 2.75) is 26.4 Å². The van der Waals surface area contributed by atoms with Gasteiger partial charge in [-0.1, -0.05) is 26.0 Å². The van der Waals surface area contributed by atoms with Crippen LogP contribution >= 0.6 is 0 Å². The summed E-state index contributed by atoms with van der Waals surface area (Å²) in [6.45, 7) is 4.37. The number of urea groups is 1. The summed E-state index contributed by atoms with van der Waals surface area (Å²) in [5.74, 6) is 0.203. The number of anilines is 2. The molecule has 0 saturated heterocycles. The van der Waals surface area contributed by atoms with Gasteiger partial charge in [0, 0.05) is 20.6 Å². The van der Waals surface area contributed by atoms with Crippen LogP contribution in [-0.2, 0) is 0 Å². The van der Waals surface area contributed by atoms with E-state index >= 15 is 0 Å². The van der Waals surface area contributed by atoms with Crippen LogP contribution in [0.4, 0.5) is 16.2 Å². The minimum Gasteiger partial charge on any atom is -0.393 e. The Bertz CT molecular complexity index is 433. The van der Waals surface area contributed by atoms with Crippen molar-refractivity contribution in [1.82, 2.24) is 5.32 Å². The number of nitrogens with one attached hydrogen (secondary N) is 2. The molecule has 0 bridgehead atoms. The molecule has 0 radical (unpaired) electrons. The number of hydrogen-bond acceptors (Lipinski definition) is 3. The Balaban J connectivity index is 2.47. The third-order valence-corrected chi connectivity index (χ3v) is 3.13. The number of amides is 2. The van der Waals surface area contributed by atoms with Gasteiger partial charge in [-0.05, 0) is 24.5 Å². The first-order valence-electron chi connectivity index (χ1n) is 6.91. The van der Waals surface area contributed by atoms with Crippen LogP contribution in [0.3, 0.4) is 0 Å². The molecule has 3 N–H and O–H groups in total. The van der Waals surface area contributed by atoms with Crippen molar-refractivity contribution in [1.29, 1.82) is 0 Å². The van der Waals surface area contributed by atoms with Crippen LogP contribution in [-0.4, -0.2) is 37.9 Å². The Hall–Kier alpha value is -1.75. The molecule has 1 unspecified atom stereocenters. The van der Waals surface area contributed by atoms with Crippen molar-refractivity contribution in [3.63, 3.8) is 0 Å². The van der Waals surface area contributed by atoms with E-state index < -0.39 is 0 Å². The molecular formula is C15H25N3O2. The fourth-order valence-electron chi connectivity index (χ4n) is 1.80. The summed E-state index contributed by atoms with van der Waals surface area (Å²) in [6, 6.07) is 7.36. The monoisotopic (exact) mass is 279 g/mol. The second-order valence-corrected chi connectivity index (χ2v) is 5.39.